The molecule has 0 saturated carbocycles. The van der Waals surface area contributed by atoms with Crippen molar-refractivity contribution in [3.8, 4) is 0 Å². The van der Waals surface area contributed by atoms with E-state index in [1.807, 2.05) is 0 Å². The third-order valence-electron chi connectivity index (χ3n) is 2.87. The number of amidine groups is 1. The van der Waals surface area contributed by atoms with E-state index in [-0.39, 0.29) is 13.2 Å². The highest BCUT2D eigenvalue weighted by atomic mass is 31.2. The van der Waals surface area contributed by atoms with Gasteiger partial charge in [0.1, 0.15) is 0 Å². The first-order valence-electron chi connectivity index (χ1n) is 6.38. The Balaban J connectivity index is 1.99. The summed E-state index contributed by atoms with van der Waals surface area (Å²) in [6, 6.07) is 0. The van der Waals surface area contributed by atoms with Crippen LogP contribution in [-0.2, 0) is 18.4 Å². The minimum atomic E-state index is -3.68. The summed E-state index contributed by atoms with van der Waals surface area (Å²) in [5.41, 5.74) is 0. The standard InChI is InChI=1S/C10H13N6O4P/c1-3-19-21(18,20-4-2)9-10(17)15-7(11-9)5-6-8-12-13-14-16(8)15/h5-6,9H,3-4H2,1-2H3. The lowest BCUT2D eigenvalue weighted by molar-refractivity contribution is -0.118. The van der Waals surface area contributed by atoms with Crippen molar-refractivity contribution in [3.05, 3.63) is 11.9 Å². The van der Waals surface area contributed by atoms with Crippen molar-refractivity contribution in [2.75, 3.05) is 18.2 Å². The molecule has 0 fully saturated rings. The third kappa shape index (κ3) is 2.11. The van der Waals surface area contributed by atoms with Crippen molar-refractivity contribution in [3.63, 3.8) is 0 Å². The summed E-state index contributed by atoms with van der Waals surface area (Å²) in [4.78, 5) is 17.9. The molecule has 3 rings (SSSR count). The van der Waals surface area contributed by atoms with E-state index in [0.29, 0.717) is 11.7 Å². The molecule has 1 aromatic heterocycles. The fourth-order valence-corrected chi connectivity index (χ4v) is 3.80. The van der Waals surface area contributed by atoms with E-state index >= 15 is 0 Å². The van der Waals surface area contributed by atoms with Crippen LogP contribution in [0.25, 0.3) is 6.08 Å². The van der Waals surface area contributed by atoms with Crippen LogP contribution in [-0.4, -0.2) is 51.1 Å². The van der Waals surface area contributed by atoms with Gasteiger partial charge in [-0.2, -0.15) is 5.01 Å². The molecule has 0 bridgehead atoms. The number of aromatic nitrogens is 4. The van der Waals surface area contributed by atoms with Crippen LogP contribution < -0.4 is 5.01 Å². The molecule has 11 heteroatoms. The predicted octanol–water partition coefficient (Wildman–Crippen LogP) is 0.169. The number of tetrazole rings is 1. The van der Waals surface area contributed by atoms with E-state index in [0.717, 1.165) is 5.01 Å². The number of rotatable bonds is 5. The van der Waals surface area contributed by atoms with E-state index in [4.69, 9.17) is 9.05 Å². The summed E-state index contributed by atoms with van der Waals surface area (Å²) >= 11 is 0. The van der Waals surface area contributed by atoms with Crippen molar-refractivity contribution in [1.82, 2.24) is 20.3 Å². The van der Waals surface area contributed by atoms with Crippen LogP contribution in [0.3, 0.4) is 0 Å². The molecule has 1 unspecified atom stereocenters. The molecule has 0 aliphatic carbocycles. The fraction of sp³-hybridized carbons (Fsp3) is 0.500. The summed E-state index contributed by atoms with van der Waals surface area (Å²) in [6.45, 7) is 3.64. The first kappa shape index (κ1) is 14.1. The second kappa shape index (κ2) is 5.14. The number of fused-ring (bicyclic) bond motifs is 3. The van der Waals surface area contributed by atoms with Crippen molar-refractivity contribution in [2.24, 2.45) is 4.99 Å². The van der Waals surface area contributed by atoms with Crippen molar-refractivity contribution >= 4 is 25.4 Å². The molecular formula is C10H13N6O4P. The van der Waals surface area contributed by atoms with E-state index in [1.165, 1.54) is 4.79 Å². The molecule has 0 saturated heterocycles. The van der Waals surface area contributed by atoms with Gasteiger partial charge in [0.05, 0.1) is 13.2 Å². The second-order valence-electron chi connectivity index (χ2n) is 4.15. The van der Waals surface area contributed by atoms with Crippen molar-refractivity contribution in [1.29, 1.82) is 0 Å². The number of nitrogens with zero attached hydrogens (tertiary/aromatic N) is 6. The number of hydrogen-bond donors (Lipinski definition) is 0. The predicted molar refractivity (Wildman–Crippen MR) is 72.2 cm³/mol. The number of aliphatic imine (C=N–C) groups is 1. The smallest absolute Gasteiger partial charge is 0.307 e. The van der Waals surface area contributed by atoms with Gasteiger partial charge in [0, 0.05) is 0 Å². The quantitative estimate of drug-likeness (QED) is 0.712. The summed E-state index contributed by atoms with van der Waals surface area (Å²) in [5, 5.41) is 12.1. The van der Waals surface area contributed by atoms with Gasteiger partial charge in [-0.1, -0.05) is 0 Å². The van der Waals surface area contributed by atoms with E-state index < -0.39 is 19.3 Å². The Morgan fingerprint density at radius 1 is 1.29 bits per heavy atom. The first-order valence-corrected chi connectivity index (χ1v) is 7.99. The van der Waals surface area contributed by atoms with Crippen LogP contribution in [0.1, 0.15) is 19.7 Å². The number of carbonyl (C=O) groups is 1. The molecule has 1 atom stereocenters. The van der Waals surface area contributed by atoms with Gasteiger partial charge in [0.2, 0.25) is 5.78 Å². The van der Waals surface area contributed by atoms with Gasteiger partial charge in [-0.15, -0.1) is 9.89 Å². The lowest BCUT2D eigenvalue weighted by Crippen LogP contribution is -2.46. The lowest BCUT2D eigenvalue weighted by atomic mass is 10.4. The molecule has 0 N–H and O–H groups in total. The highest BCUT2D eigenvalue weighted by Crippen LogP contribution is 2.55. The normalized spacial score (nSPS) is 20.5. The minimum absolute atomic E-state index is 0.151. The molecular weight excluding hydrogens is 299 g/mol. The van der Waals surface area contributed by atoms with Gasteiger partial charge in [-0.3, -0.25) is 9.36 Å². The summed E-state index contributed by atoms with van der Waals surface area (Å²) in [7, 11) is -3.68. The van der Waals surface area contributed by atoms with Gasteiger partial charge in [0.15, 0.2) is 11.7 Å². The number of amides is 1. The Bertz CT molecular complexity index is 673. The zero-order valence-electron chi connectivity index (χ0n) is 11.4. The Kier molecular flexibility index (Phi) is 3.44. The van der Waals surface area contributed by atoms with E-state index in [9.17, 15) is 9.36 Å². The SMILES string of the molecule is CCOP(=O)(OCC)C1N=C2C=Cc3nnnn3N2C1=O. The lowest BCUT2D eigenvalue weighted by Gasteiger charge is -2.22. The van der Waals surface area contributed by atoms with Crippen LogP contribution >= 0.6 is 7.60 Å². The van der Waals surface area contributed by atoms with Crippen molar-refractivity contribution in [2.45, 2.75) is 19.6 Å². The molecule has 112 valence electrons. The maximum atomic E-state index is 12.7. The molecule has 0 radical (unpaired) electrons. The van der Waals surface area contributed by atoms with E-state index in [1.54, 1.807) is 26.0 Å². The largest absolute Gasteiger partial charge is 0.364 e. The van der Waals surface area contributed by atoms with Crippen LogP contribution in [0, 0.1) is 0 Å². The molecule has 0 spiro atoms. The maximum absolute atomic E-state index is 12.7. The highest BCUT2D eigenvalue weighted by Gasteiger charge is 2.50. The number of carbonyl (C=O) groups excluding carboxylic acids is 1. The minimum Gasteiger partial charge on any atom is -0.307 e. The zero-order valence-corrected chi connectivity index (χ0v) is 12.3. The van der Waals surface area contributed by atoms with Crippen molar-refractivity contribution < 1.29 is 18.4 Å². The number of hydrogen-bond acceptors (Lipinski definition) is 8. The summed E-state index contributed by atoms with van der Waals surface area (Å²) < 4.78 is 23.1. The Morgan fingerprint density at radius 3 is 2.67 bits per heavy atom. The average molecular weight is 312 g/mol. The van der Waals surface area contributed by atoms with Gasteiger partial charge in [0.25, 0.3) is 5.91 Å². The third-order valence-corrected chi connectivity index (χ3v) is 5.04. The Labute approximate surface area is 119 Å². The zero-order chi connectivity index (χ0) is 15.0. The highest BCUT2D eigenvalue weighted by molar-refractivity contribution is 7.55. The Morgan fingerprint density at radius 2 is 2.00 bits per heavy atom. The molecule has 3 heterocycles. The van der Waals surface area contributed by atoms with Gasteiger partial charge in [-0.05, 0) is 36.4 Å². The Hall–Kier alpha value is -1.90. The second-order valence-corrected chi connectivity index (χ2v) is 6.23. The monoisotopic (exact) mass is 312 g/mol. The molecule has 0 aromatic carbocycles. The fourth-order valence-electron chi connectivity index (χ4n) is 2.09. The summed E-state index contributed by atoms with van der Waals surface area (Å²) in [5.74, 6) is -1.12. The first-order chi connectivity index (χ1) is 10.1. The van der Waals surface area contributed by atoms with Crippen LogP contribution in [0.15, 0.2) is 11.1 Å². The van der Waals surface area contributed by atoms with Gasteiger partial charge < -0.3 is 9.05 Å². The van der Waals surface area contributed by atoms with E-state index in [2.05, 4.69) is 20.5 Å². The van der Waals surface area contributed by atoms with Crippen LogP contribution in [0.2, 0.25) is 0 Å². The molecule has 1 amide bonds. The maximum Gasteiger partial charge on any atom is 0.364 e. The molecule has 2 aliphatic rings. The molecule has 1 aromatic rings. The molecule has 10 nitrogen and oxygen atoms in total. The van der Waals surface area contributed by atoms with Crippen LogP contribution in [0.4, 0.5) is 0 Å². The topological polar surface area (TPSA) is 112 Å². The molecule has 21 heavy (non-hydrogen) atoms. The average Bonchev–Trinajstić information content (AvgIpc) is 3.03. The molecule has 2 aliphatic heterocycles. The van der Waals surface area contributed by atoms with Gasteiger partial charge >= 0.3 is 7.60 Å². The summed E-state index contributed by atoms with van der Waals surface area (Å²) in [6.07, 6.45) is 3.18. The van der Waals surface area contributed by atoms with Crippen LogP contribution in [0.5, 0.6) is 0 Å². The van der Waals surface area contributed by atoms with Gasteiger partial charge in [-0.25, -0.2) is 4.99 Å².